The van der Waals surface area contributed by atoms with Crippen LogP contribution in [0.1, 0.15) is 23.2 Å². The second kappa shape index (κ2) is 8.99. The highest BCUT2D eigenvalue weighted by Crippen LogP contribution is 2.37. The lowest BCUT2D eigenvalue weighted by atomic mass is 10.1. The summed E-state index contributed by atoms with van der Waals surface area (Å²) in [6.07, 6.45) is 3.04. The molecule has 0 bridgehead atoms. The van der Waals surface area contributed by atoms with Crippen LogP contribution in [0.3, 0.4) is 0 Å². The van der Waals surface area contributed by atoms with Gasteiger partial charge in [-0.05, 0) is 43.2 Å². The number of carbonyl (C=O) groups is 1. The number of carbonyl (C=O) groups excluding carboxylic acids is 1. The van der Waals surface area contributed by atoms with Gasteiger partial charge in [0.1, 0.15) is 28.8 Å². The number of pyridine rings is 1. The maximum absolute atomic E-state index is 13.0. The number of nitrogens with zero attached hydrogens (tertiary/aromatic N) is 1. The third-order valence-electron chi connectivity index (χ3n) is 5.66. The molecule has 2 aliphatic rings. The Morgan fingerprint density at radius 2 is 1.91 bits per heavy atom. The summed E-state index contributed by atoms with van der Waals surface area (Å²) in [7, 11) is -4.14. The van der Waals surface area contributed by atoms with Gasteiger partial charge < -0.3 is 29.2 Å². The van der Waals surface area contributed by atoms with Gasteiger partial charge in [-0.2, -0.15) is 0 Å². The van der Waals surface area contributed by atoms with E-state index in [9.17, 15) is 18.0 Å². The van der Waals surface area contributed by atoms with Crippen molar-refractivity contribution in [2.75, 3.05) is 26.4 Å². The zero-order chi connectivity index (χ0) is 23.7. The van der Waals surface area contributed by atoms with Gasteiger partial charge in [-0.25, -0.2) is 8.42 Å². The summed E-state index contributed by atoms with van der Waals surface area (Å²) in [5.41, 5.74) is -0.113. The zero-order valence-corrected chi connectivity index (χ0v) is 18.9. The Balaban J connectivity index is 1.40. The van der Waals surface area contributed by atoms with Crippen LogP contribution in [0.25, 0.3) is 15.6 Å². The Morgan fingerprint density at radius 3 is 2.71 bits per heavy atom. The molecular weight excluding hydrogens is 462 g/mol. The number of ether oxygens (including phenoxy) is 3. The maximum atomic E-state index is 13.0. The first kappa shape index (κ1) is 22.2. The number of H-pyrrole nitrogens is 1. The SMILES string of the molecule is O=C(NCC1CCCO1)c1c[nH]c2ccc(S(=O)(=O)[N-]c3ccc4c(c3)OCCO4)cc2c1=O. The fraction of sp³-hybridized carbons (Fsp3) is 0.304. The molecule has 3 heterocycles. The van der Waals surface area contributed by atoms with Gasteiger partial charge >= 0.3 is 0 Å². The number of rotatable bonds is 6. The number of aromatic amines is 1. The molecule has 1 fully saturated rings. The Bertz CT molecular complexity index is 1410. The number of fused-ring (bicyclic) bond motifs is 2. The van der Waals surface area contributed by atoms with Crippen molar-refractivity contribution < 1.29 is 27.4 Å². The molecule has 5 rings (SSSR count). The molecule has 10 nitrogen and oxygen atoms in total. The van der Waals surface area contributed by atoms with Crippen molar-refractivity contribution in [2.45, 2.75) is 23.8 Å². The van der Waals surface area contributed by atoms with Crippen LogP contribution in [0.15, 0.2) is 52.3 Å². The molecule has 2 aromatic carbocycles. The fourth-order valence-corrected chi connectivity index (χ4v) is 4.92. The standard InChI is InChI=1S/C23H22N3O7S/c27-22-17-11-16(34(29,30)26-14-3-6-20-21(10-14)33-9-8-32-20)4-5-19(17)24-13-18(22)23(28)25-12-15-2-1-7-31-15/h3-6,10-11,13,15H,1-2,7-9,12H2,(H2,24,25,27,28)/q-1. The van der Waals surface area contributed by atoms with E-state index in [0.717, 1.165) is 12.8 Å². The van der Waals surface area contributed by atoms with Gasteiger partial charge in [0.2, 0.25) is 5.43 Å². The number of sulfonamides is 1. The molecule has 0 radical (unpaired) electrons. The van der Waals surface area contributed by atoms with Gasteiger partial charge in [0, 0.05) is 30.3 Å². The Hall–Kier alpha value is -3.57. The summed E-state index contributed by atoms with van der Waals surface area (Å²) in [4.78, 5) is 28.3. The molecule has 2 N–H and O–H groups in total. The van der Waals surface area contributed by atoms with Crippen LogP contribution < -0.4 is 20.2 Å². The second-order valence-electron chi connectivity index (χ2n) is 7.98. The summed E-state index contributed by atoms with van der Waals surface area (Å²) in [6.45, 7) is 1.74. The number of aromatic nitrogens is 1. The average Bonchev–Trinajstić information content (AvgIpc) is 3.36. The second-order valence-corrected chi connectivity index (χ2v) is 9.58. The normalized spacial score (nSPS) is 17.5. The average molecular weight is 485 g/mol. The Labute approximate surface area is 195 Å². The summed E-state index contributed by atoms with van der Waals surface area (Å²) >= 11 is 0. The molecule has 0 saturated carbocycles. The predicted molar refractivity (Wildman–Crippen MR) is 124 cm³/mol. The molecule has 2 aliphatic heterocycles. The minimum absolute atomic E-state index is 0.0672. The molecule has 1 saturated heterocycles. The van der Waals surface area contributed by atoms with Crippen LogP contribution in [0.4, 0.5) is 5.69 Å². The number of nitrogens with one attached hydrogen (secondary N) is 2. The third kappa shape index (κ3) is 4.44. The molecule has 0 aliphatic carbocycles. The van der Waals surface area contributed by atoms with Crippen LogP contribution in [0.2, 0.25) is 0 Å². The summed E-state index contributed by atoms with van der Waals surface area (Å²) in [6, 6.07) is 8.63. The van der Waals surface area contributed by atoms with Crippen LogP contribution in [-0.2, 0) is 14.8 Å². The van der Waals surface area contributed by atoms with E-state index in [1.54, 1.807) is 6.07 Å². The number of benzene rings is 2. The molecule has 1 atom stereocenters. The minimum Gasteiger partial charge on any atom is -0.573 e. The lowest BCUT2D eigenvalue weighted by Gasteiger charge is -2.25. The first-order chi connectivity index (χ1) is 16.4. The highest BCUT2D eigenvalue weighted by Gasteiger charge is 2.19. The quantitative estimate of drug-likeness (QED) is 0.548. The van der Waals surface area contributed by atoms with Crippen LogP contribution in [-0.4, -0.2) is 51.8 Å². The maximum Gasteiger partial charge on any atom is 0.256 e. The summed E-state index contributed by atoms with van der Waals surface area (Å²) in [5.74, 6) is 0.384. The first-order valence-corrected chi connectivity index (χ1v) is 12.3. The monoisotopic (exact) mass is 484 g/mol. The van der Waals surface area contributed by atoms with Gasteiger partial charge in [0.15, 0.2) is 11.5 Å². The van der Waals surface area contributed by atoms with E-state index in [0.29, 0.717) is 43.4 Å². The molecule has 0 spiro atoms. The van der Waals surface area contributed by atoms with Crippen molar-refractivity contribution in [2.24, 2.45) is 0 Å². The van der Waals surface area contributed by atoms with Gasteiger partial charge in [-0.3, -0.25) is 9.59 Å². The van der Waals surface area contributed by atoms with Crippen molar-refractivity contribution in [1.82, 2.24) is 10.3 Å². The van der Waals surface area contributed by atoms with Gasteiger partial charge in [-0.1, -0.05) is 6.07 Å². The molecule has 1 unspecified atom stereocenters. The highest BCUT2D eigenvalue weighted by molar-refractivity contribution is 7.94. The molecule has 178 valence electrons. The predicted octanol–water partition coefficient (Wildman–Crippen LogP) is 2.60. The van der Waals surface area contributed by atoms with Gasteiger partial charge in [-0.15, -0.1) is 5.69 Å². The Kier molecular flexibility index (Phi) is 5.88. The zero-order valence-electron chi connectivity index (χ0n) is 18.1. The minimum atomic E-state index is -4.14. The van der Waals surface area contributed by atoms with Gasteiger partial charge in [0.25, 0.3) is 5.91 Å². The molecule has 1 amide bonds. The largest absolute Gasteiger partial charge is 0.573 e. The Morgan fingerprint density at radius 1 is 1.09 bits per heavy atom. The molecular formula is C23H22N3O7S-. The van der Waals surface area contributed by atoms with E-state index in [-0.39, 0.29) is 27.6 Å². The van der Waals surface area contributed by atoms with Crippen LogP contribution >= 0.6 is 0 Å². The van der Waals surface area contributed by atoms with Crippen molar-refractivity contribution in [3.8, 4) is 11.5 Å². The number of hydrogen-bond donors (Lipinski definition) is 2. The molecule has 11 heteroatoms. The van der Waals surface area contributed by atoms with Crippen molar-refractivity contribution in [3.63, 3.8) is 0 Å². The topological polar surface area (TPSA) is 138 Å². The highest BCUT2D eigenvalue weighted by atomic mass is 32.2. The summed E-state index contributed by atoms with van der Waals surface area (Å²) < 4.78 is 46.2. The van der Waals surface area contributed by atoms with E-state index in [1.807, 2.05) is 0 Å². The van der Waals surface area contributed by atoms with E-state index < -0.39 is 21.4 Å². The van der Waals surface area contributed by atoms with Crippen LogP contribution in [0, 0.1) is 0 Å². The molecule has 34 heavy (non-hydrogen) atoms. The fourth-order valence-electron chi connectivity index (χ4n) is 3.91. The first-order valence-electron chi connectivity index (χ1n) is 10.8. The molecule has 3 aromatic rings. The lowest BCUT2D eigenvalue weighted by molar-refractivity contribution is 0.0857. The van der Waals surface area contributed by atoms with E-state index in [1.165, 1.54) is 36.5 Å². The van der Waals surface area contributed by atoms with E-state index in [4.69, 9.17) is 14.2 Å². The van der Waals surface area contributed by atoms with Crippen molar-refractivity contribution >= 4 is 32.5 Å². The van der Waals surface area contributed by atoms with E-state index >= 15 is 0 Å². The lowest BCUT2D eigenvalue weighted by Crippen LogP contribution is -2.34. The number of hydrogen-bond acceptors (Lipinski definition) is 7. The third-order valence-corrected chi connectivity index (χ3v) is 6.96. The van der Waals surface area contributed by atoms with Crippen molar-refractivity contribution in [1.29, 1.82) is 0 Å². The number of amides is 1. The summed E-state index contributed by atoms with van der Waals surface area (Å²) in [5, 5.41) is 2.78. The van der Waals surface area contributed by atoms with E-state index in [2.05, 4.69) is 15.0 Å². The van der Waals surface area contributed by atoms with Gasteiger partial charge in [0.05, 0.1) is 11.0 Å². The van der Waals surface area contributed by atoms with Crippen LogP contribution in [0.5, 0.6) is 11.5 Å². The molecule has 1 aromatic heterocycles. The van der Waals surface area contributed by atoms with Crippen molar-refractivity contribution in [3.05, 3.63) is 63.1 Å². The smallest absolute Gasteiger partial charge is 0.256 e.